The highest BCUT2D eigenvalue weighted by molar-refractivity contribution is 6.13. The Morgan fingerprint density at radius 2 is 1.69 bits per heavy atom. The third kappa shape index (κ3) is 5.58. The number of para-hydroxylation sites is 1. The first-order valence-corrected chi connectivity index (χ1v) is 11.3. The van der Waals surface area contributed by atoms with Crippen LogP contribution in [0.25, 0.3) is 6.08 Å². The Hall–Kier alpha value is -4.39. The van der Waals surface area contributed by atoms with Crippen LogP contribution >= 0.6 is 0 Å². The van der Waals surface area contributed by atoms with Crippen molar-refractivity contribution in [3.8, 4) is 17.2 Å². The van der Waals surface area contributed by atoms with E-state index >= 15 is 0 Å². The van der Waals surface area contributed by atoms with Gasteiger partial charge in [-0.2, -0.15) is 0 Å². The summed E-state index contributed by atoms with van der Waals surface area (Å²) in [6.45, 7) is 6.62. The van der Waals surface area contributed by atoms with Gasteiger partial charge >= 0.3 is 11.9 Å². The van der Waals surface area contributed by atoms with Crippen molar-refractivity contribution < 1.29 is 28.5 Å². The number of nitrogens with zero attached hydrogens (tertiary/aromatic N) is 1. The number of benzene rings is 3. The number of carbonyl (C=O) groups excluding carboxylic acids is 2. The summed E-state index contributed by atoms with van der Waals surface area (Å²) in [6.07, 6.45) is 1.53. The van der Waals surface area contributed by atoms with Gasteiger partial charge in [-0.1, -0.05) is 35.9 Å². The van der Waals surface area contributed by atoms with Crippen LogP contribution in [0.15, 0.2) is 77.4 Å². The van der Waals surface area contributed by atoms with Crippen molar-refractivity contribution in [1.82, 2.24) is 0 Å². The van der Waals surface area contributed by atoms with Crippen LogP contribution in [0.2, 0.25) is 0 Å². The molecule has 4 rings (SSSR count). The van der Waals surface area contributed by atoms with E-state index < -0.39 is 11.9 Å². The lowest BCUT2D eigenvalue weighted by molar-refractivity contribution is -0.129. The number of hydrogen-bond acceptors (Lipinski definition) is 7. The molecule has 1 aliphatic rings. The molecule has 0 saturated carbocycles. The molecular formula is C28H25NO6. The van der Waals surface area contributed by atoms with Gasteiger partial charge in [0.05, 0.1) is 18.8 Å². The van der Waals surface area contributed by atoms with E-state index in [9.17, 15) is 9.59 Å². The minimum Gasteiger partial charge on any atom is -0.490 e. The Morgan fingerprint density at radius 3 is 2.46 bits per heavy atom. The van der Waals surface area contributed by atoms with E-state index in [4.69, 9.17) is 18.9 Å². The van der Waals surface area contributed by atoms with Crippen molar-refractivity contribution in [1.29, 1.82) is 0 Å². The zero-order valence-electron chi connectivity index (χ0n) is 19.7. The van der Waals surface area contributed by atoms with E-state index in [0.29, 0.717) is 47.2 Å². The Kier molecular flexibility index (Phi) is 7.26. The average Bonchev–Trinajstić information content (AvgIpc) is 3.21. The third-order valence-corrected chi connectivity index (χ3v) is 5.08. The van der Waals surface area contributed by atoms with Gasteiger partial charge in [-0.05, 0) is 63.2 Å². The van der Waals surface area contributed by atoms with Gasteiger partial charge in [0.25, 0.3) is 0 Å². The van der Waals surface area contributed by atoms with E-state index in [1.165, 1.54) is 6.08 Å². The zero-order chi connectivity index (χ0) is 24.8. The second kappa shape index (κ2) is 10.7. The molecule has 7 heteroatoms. The van der Waals surface area contributed by atoms with E-state index in [1.54, 1.807) is 60.7 Å². The Morgan fingerprint density at radius 1 is 0.914 bits per heavy atom. The molecule has 0 amide bonds. The molecule has 178 valence electrons. The van der Waals surface area contributed by atoms with Crippen LogP contribution in [0.4, 0.5) is 0 Å². The minimum atomic E-state index is -0.605. The van der Waals surface area contributed by atoms with Crippen molar-refractivity contribution in [3.63, 3.8) is 0 Å². The molecule has 0 spiro atoms. The molecule has 0 aromatic heterocycles. The minimum absolute atomic E-state index is 0.0888. The molecule has 3 aromatic carbocycles. The fourth-order valence-electron chi connectivity index (χ4n) is 3.49. The Labute approximate surface area is 203 Å². The molecule has 0 radical (unpaired) electrons. The number of ether oxygens (including phenoxy) is 4. The van der Waals surface area contributed by atoms with Crippen molar-refractivity contribution in [2.75, 3.05) is 13.2 Å². The van der Waals surface area contributed by atoms with Gasteiger partial charge in [-0.3, -0.25) is 0 Å². The smallest absolute Gasteiger partial charge is 0.363 e. The van der Waals surface area contributed by atoms with E-state index in [2.05, 4.69) is 4.99 Å². The summed E-state index contributed by atoms with van der Waals surface area (Å²) >= 11 is 0. The molecule has 0 fully saturated rings. The predicted molar refractivity (Wildman–Crippen MR) is 132 cm³/mol. The second-order valence-electron chi connectivity index (χ2n) is 7.66. The van der Waals surface area contributed by atoms with Crippen LogP contribution < -0.4 is 14.2 Å². The fraction of sp³-hybridized carbons (Fsp3) is 0.179. The van der Waals surface area contributed by atoms with Crippen molar-refractivity contribution >= 4 is 23.9 Å². The zero-order valence-corrected chi connectivity index (χ0v) is 19.7. The SMILES string of the molecule is CCOc1ccc(C2=N/C(=C\c3ccccc3OC(=O)c3cccc(C)c3)C(=O)O2)cc1OCC. The molecule has 0 atom stereocenters. The highest BCUT2D eigenvalue weighted by Crippen LogP contribution is 2.31. The van der Waals surface area contributed by atoms with Gasteiger partial charge in [-0.25, -0.2) is 14.6 Å². The number of rotatable bonds is 8. The summed E-state index contributed by atoms with van der Waals surface area (Å²) < 4.78 is 22.3. The Bertz CT molecular complexity index is 1320. The fourth-order valence-corrected chi connectivity index (χ4v) is 3.49. The van der Waals surface area contributed by atoms with Crippen molar-refractivity contribution in [2.24, 2.45) is 4.99 Å². The van der Waals surface area contributed by atoms with Crippen LogP contribution in [0, 0.1) is 6.92 Å². The molecule has 0 bridgehead atoms. The van der Waals surface area contributed by atoms with Crippen LogP contribution in [0.1, 0.15) is 40.9 Å². The summed E-state index contributed by atoms with van der Waals surface area (Å²) in [5.74, 6) is 0.504. The van der Waals surface area contributed by atoms with Gasteiger partial charge in [-0.15, -0.1) is 0 Å². The predicted octanol–water partition coefficient (Wildman–Crippen LogP) is 5.36. The molecule has 0 saturated heterocycles. The van der Waals surface area contributed by atoms with E-state index in [1.807, 2.05) is 26.8 Å². The van der Waals surface area contributed by atoms with Gasteiger partial charge in [0, 0.05) is 11.1 Å². The highest BCUT2D eigenvalue weighted by atomic mass is 16.6. The first kappa shape index (κ1) is 23.8. The van der Waals surface area contributed by atoms with Crippen molar-refractivity contribution in [3.05, 3.63) is 94.7 Å². The normalized spacial score (nSPS) is 13.9. The topological polar surface area (TPSA) is 83.4 Å². The average molecular weight is 472 g/mol. The highest BCUT2D eigenvalue weighted by Gasteiger charge is 2.26. The summed E-state index contributed by atoms with van der Waals surface area (Å²) in [5, 5.41) is 0. The number of aliphatic imine (C=N–C) groups is 1. The van der Waals surface area contributed by atoms with E-state index in [0.717, 1.165) is 5.56 Å². The monoisotopic (exact) mass is 471 g/mol. The summed E-state index contributed by atoms with van der Waals surface area (Å²) in [4.78, 5) is 29.6. The molecule has 3 aromatic rings. The van der Waals surface area contributed by atoms with Crippen molar-refractivity contribution in [2.45, 2.75) is 20.8 Å². The number of esters is 2. The van der Waals surface area contributed by atoms with Crippen LogP contribution in [0.3, 0.4) is 0 Å². The van der Waals surface area contributed by atoms with Crippen LogP contribution in [-0.4, -0.2) is 31.1 Å². The quantitative estimate of drug-likeness (QED) is 0.250. The summed E-state index contributed by atoms with van der Waals surface area (Å²) in [6, 6.07) is 19.3. The standard InChI is InChI=1S/C28H25NO6/c1-4-32-24-14-13-20(17-25(24)33-5-2)26-29-22(28(31)35-26)16-19-10-6-7-12-23(19)34-27(30)21-11-8-9-18(3)15-21/h6-17H,4-5H2,1-3H3/b22-16-. The number of carbonyl (C=O) groups is 2. The first-order chi connectivity index (χ1) is 17.0. The lowest BCUT2D eigenvalue weighted by Crippen LogP contribution is -2.09. The molecule has 0 unspecified atom stereocenters. The molecule has 1 heterocycles. The maximum absolute atomic E-state index is 12.6. The van der Waals surface area contributed by atoms with Gasteiger partial charge < -0.3 is 18.9 Å². The Balaban J connectivity index is 1.61. The van der Waals surface area contributed by atoms with Gasteiger partial charge in [0.15, 0.2) is 17.2 Å². The lowest BCUT2D eigenvalue weighted by Gasteiger charge is -2.11. The lowest BCUT2D eigenvalue weighted by atomic mass is 10.1. The maximum Gasteiger partial charge on any atom is 0.363 e. The van der Waals surface area contributed by atoms with E-state index in [-0.39, 0.29) is 11.6 Å². The molecular weight excluding hydrogens is 446 g/mol. The number of cyclic esters (lactones) is 1. The largest absolute Gasteiger partial charge is 0.490 e. The number of aryl methyl sites for hydroxylation is 1. The van der Waals surface area contributed by atoms with Gasteiger partial charge in [0.1, 0.15) is 5.75 Å². The molecule has 0 aliphatic carbocycles. The molecule has 1 aliphatic heterocycles. The van der Waals surface area contributed by atoms with Gasteiger partial charge in [0.2, 0.25) is 5.90 Å². The van der Waals surface area contributed by atoms with Crippen LogP contribution in [-0.2, 0) is 9.53 Å². The molecule has 0 N–H and O–H groups in total. The molecule has 7 nitrogen and oxygen atoms in total. The summed E-state index contributed by atoms with van der Waals surface area (Å²) in [7, 11) is 0. The first-order valence-electron chi connectivity index (χ1n) is 11.3. The maximum atomic E-state index is 12.6. The third-order valence-electron chi connectivity index (χ3n) is 5.08. The summed E-state index contributed by atoms with van der Waals surface area (Å²) in [5.41, 5.74) is 2.58. The second-order valence-corrected chi connectivity index (χ2v) is 7.66. The number of hydrogen-bond donors (Lipinski definition) is 0. The molecule has 35 heavy (non-hydrogen) atoms. The van der Waals surface area contributed by atoms with Crippen LogP contribution in [0.5, 0.6) is 17.2 Å².